The SMILES string of the molecule is CCN(CC)C(=O)c1ccc(NC(=O)COC(=O)c2csc(NCc3ccccc3)n2)cc1. The summed E-state index contributed by atoms with van der Waals surface area (Å²) < 4.78 is 5.07. The molecule has 9 heteroatoms. The number of carbonyl (C=O) groups excluding carboxylic acids is 3. The summed E-state index contributed by atoms with van der Waals surface area (Å²) in [5, 5.41) is 7.97. The maximum Gasteiger partial charge on any atom is 0.358 e. The van der Waals surface area contributed by atoms with Crippen LogP contribution in [-0.2, 0) is 16.1 Å². The number of hydrogen-bond donors (Lipinski definition) is 2. The van der Waals surface area contributed by atoms with Gasteiger partial charge in [-0.05, 0) is 43.7 Å². The first kappa shape index (κ1) is 23.9. The Balaban J connectivity index is 1.45. The number of ether oxygens (including phenoxy) is 1. The average molecular weight is 467 g/mol. The van der Waals surface area contributed by atoms with Gasteiger partial charge < -0.3 is 20.3 Å². The first-order valence-electron chi connectivity index (χ1n) is 10.6. The molecule has 0 bridgehead atoms. The number of rotatable bonds is 10. The molecular weight excluding hydrogens is 440 g/mol. The Hall–Kier alpha value is -3.72. The van der Waals surface area contributed by atoms with Crippen LogP contribution in [0.1, 0.15) is 40.3 Å². The number of amides is 2. The lowest BCUT2D eigenvalue weighted by atomic mass is 10.2. The van der Waals surface area contributed by atoms with Crippen LogP contribution in [0.2, 0.25) is 0 Å². The Bertz CT molecular complexity index is 1080. The van der Waals surface area contributed by atoms with Gasteiger partial charge in [0.15, 0.2) is 17.4 Å². The average Bonchev–Trinajstić information content (AvgIpc) is 3.32. The number of esters is 1. The molecule has 2 amide bonds. The van der Waals surface area contributed by atoms with Gasteiger partial charge in [-0.3, -0.25) is 9.59 Å². The highest BCUT2D eigenvalue weighted by molar-refractivity contribution is 7.13. The van der Waals surface area contributed by atoms with Crippen molar-refractivity contribution in [3.8, 4) is 0 Å². The van der Waals surface area contributed by atoms with Crippen LogP contribution in [-0.4, -0.2) is 47.4 Å². The molecule has 0 aliphatic heterocycles. The van der Waals surface area contributed by atoms with E-state index < -0.39 is 18.5 Å². The second-order valence-corrected chi connectivity index (χ2v) is 7.91. The molecule has 0 atom stereocenters. The highest BCUT2D eigenvalue weighted by Crippen LogP contribution is 2.17. The van der Waals surface area contributed by atoms with E-state index in [-0.39, 0.29) is 11.6 Å². The lowest BCUT2D eigenvalue weighted by Crippen LogP contribution is -2.30. The lowest BCUT2D eigenvalue weighted by molar-refractivity contribution is -0.119. The molecule has 1 aromatic heterocycles. The number of carbonyl (C=O) groups is 3. The predicted octanol–water partition coefficient (Wildman–Crippen LogP) is 4.03. The van der Waals surface area contributed by atoms with Gasteiger partial charge in [0, 0.05) is 36.3 Å². The van der Waals surface area contributed by atoms with Gasteiger partial charge in [0.2, 0.25) is 0 Å². The van der Waals surface area contributed by atoms with Gasteiger partial charge >= 0.3 is 5.97 Å². The van der Waals surface area contributed by atoms with E-state index in [1.54, 1.807) is 34.5 Å². The third-order valence-electron chi connectivity index (χ3n) is 4.80. The number of anilines is 2. The minimum absolute atomic E-state index is 0.0623. The molecule has 2 aromatic carbocycles. The molecule has 0 aliphatic rings. The summed E-state index contributed by atoms with van der Waals surface area (Å²) in [6.45, 7) is 5.25. The molecule has 3 aromatic rings. The molecule has 172 valence electrons. The van der Waals surface area contributed by atoms with Crippen molar-refractivity contribution in [3.63, 3.8) is 0 Å². The van der Waals surface area contributed by atoms with E-state index in [9.17, 15) is 14.4 Å². The fraction of sp³-hybridized carbons (Fsp3) is 0.250. The monoisotopic (exact) mass is 466 g/mol. The molecule has 1 heterocycles. The molecule has 0 spiro atoms. The quantitative estimate of drug-likeness (QED) is 0.438. The minimum Gasteiger partial charge on any atom is -0.451 e. The van der Waals surface area contributed by atoms with E-state index >= 15 is 0 Å². The second-order valence-electron chi connectivity index (χ2n) is 7.06. The van der Waals surface area contributed by atoms with E-state index in [1.165, 1.54) is 11.3 Å². The van der Waals surface area contributed by atoms with E-state index in [2.05, 4.69) is 15.6 Å². The molecule has 0 unspecified atom stereocenters. The van der Waals surface area contributed by atoms with Gasteiger partial charge in [0.1, 0.15) is 0 Å². The minimum atomic E-state index is -0.672. The number of aromatic nitrogens is 1. The van der Waals surface area contributed by atoms with Crippen molar-refractivity contribution in [1.29, 1.82) is 0 Å². The highest BCUT2D eigenvalue weighted by Gasteiger charge is 2.15. The van der Waals surface area contributed by atoms with Crippen LogP contribution in [0.15, 0.2) is 60.0 Å². The lowest BCUT2D eigenvalue weighted by Gasteiger charge is -2.18. The molecule has 0 radical (unpaired) electrons. The summed E-state index contributed by atoms with van der Waals surface area (Å²) in [5.74, 6) is -1.22. The second kappa shape index (κ2) is 11.8. The molecule has 0 saturated heterocycles. The molecule has 0 fully saturated rings. The Labute approximate surface area is 196 Å². The Morgan fingerprint density at radius 3 is 2.36 bits per heavy atom. The van der Waals surface area contributed by atoms with Crippen molar-refractivity contribution in [2.45, 2.75) is 20.4 Å². The number of nitrogens with zero attached hydrogens (tertiary/aromatic N) is 2. The standard InChI is InChI=1S/C24H26N4O4S/c1-3-28(4-2)22(30)18-10-12-19(13-11-18)26-21(29)15-32-23(31)20-16-33-24(27-20)25-14-17-8-6-5-7-9-17/h5-13,16H,3-4,14-15H2,1-2H3,(H,25,27)(H,26,29). The van der Waals surface area contributed by atoms with Crippen LogP contribution in [0.5, 0.6) is 0 Å². The molecule has 0 saturated carbocycles. The molecule has 33 heavy (non-hydrogen) atoms. The topological polar surface area (TPSA) is 101 Å². The van der Waals surface area contributed by atoms with E-state index in [0.29, 0.717) is 36.0 Å². The maximum absolute atomic E-state index is 12.3. The summed E-state index contributed by atoms with van der Waals surface area (Å²) in [4.78, 5) is 42.6. The van der Waals surface area contributed by atoms with Crippen molar-refractivity contribution in [3.05, 3.63) is 76.8 Å². The zero-order valence-electron chi connectivity index (χ0n) is 18.5. The normalized spacial score (nSPS) is 10.4. The van der Waals surface area contributed by atoms with Crippen molar-refractivity contribution >= 4 is 39.9 Å². The Morgan fingerprint density at radius 2 is 1.70 bits per heavy atom. The van der Waals surface area contributed by atoms with E-state index in [0.717, 1.165) is 5.56 Å². The van der Waals surface area contributed by atoms with Crippen LogP contribution in [0.4, 0.5) is 10.8 Å². The number of nitrogens with one attached hydrogen (secondary N) is 2. The molecule has 0 aliphatic carbocycles. The first-order valence-corrected chi connectivity index (χ1v) is 11.5. The van der Waals surface area contributed by atoms with Gasteiger partial charge in [0.25, 0.3) is 11.8 Å². The number of hydrogen-bond acceptors (Lipinski definition) is 7. The van der Waals surface area contributed by atoms with Crippen LogP contribution in [0.3, 0.4) is 0 Å². The van der Waals surface area contributed by atoms with Crippen LogP contribution in [0, 0.1) is 0 Å². The Kier molecular flexibility index (Phi) is 8.54. The van der Waals surface area contributed by atoms with Gasteiger partial charge in [-0.15, -0.1) is 11.3 Å². The molecule has 3 rings (SSSR count). The zero-order chi connectivity index (χ0) is 23.6. The van der Waals surface area contributed by atoms with Crippen LogP contribution >= 0.6 is 11.3 Å². The van der Waals surface area contributed by atoms with Gasteiger partial charge in [-0.2, -0.15) is 0 Å². The zero-order valence-corrected chi connectivity index (χ0v) is 19.4. The van der Waals surface area contributed by atoms with Gasteiger partial charge in [0.05, 0.1) is 0 Å². The van der Waals surface area contributed by atoms with Crippen molar-refractivity contribution in [2.75, 3.05) is 30.3 Å². The van der Waals surface area contributed by atoms with Crippen molar-refractivity contribution < 1.29 is 19.1 Å². The molecule has 2 N–H and O–H groups in total. The fourth-order valence-electron chi connectivity index (χ4n) is 3.01. The van der Waals surface area contributed by atoms with Gasteiger partial charge in [-0.25, -0.2) is 9.78 Å². The number of thiazole rings is 1. The summed E-state index contributed by atoms with van der Waals surface area (Å²) in [6, 6.07) is 16.4. The number of benzene rings is 2. The van der Waals surface area contributed by atoms with Crippen LogP contribution < -0.4 is 10.6 Å². The maximum atomic E-state index is 12.3. The highest BCUT2D eigenvalue weighted by atomic mass is 32.1. The summed E-state index contributed by atoms with van der Waals surface area (Å²) in [6.07, 6.45) is 0. The first-order chi connectivity index (χ1) is 16.0. The van der Waals surface area contributed by atoms with Crippen molar-refractivity contribution in [1.82, 2.24) is 9.88 Å². The summed E-state index contributed by atoms with van der Waals surface area (Å²) in [7, 11) is 0. The smallest absolute Gasteiger partial charge is 0.358 e. The van der Waals surface area contributed by atoms with Gasteiger partial charge in [-0.1, -0.05) is 30.3 Å². The predicted molar refractivity (Wildman–Crippen MR) is 128 cm³/mol. The summed E-state index contributed by atoms with van der Waals surface area (Å²) in [5.41, 5.74) is 2.29. The third-order valence-corrected chi connectivity index (χ3v) is 5.60. The largest absolute Gasteiger partial charge is 0.451 e. The third kappa shape index (κ3) is 6.88. The van der Waals surface area contributed by atoms with E-state index in [1.807, 2.05) is 44.2 Å². The molecular formula is C24H26N4O4S. The van der Waals surface area contributed by atoms with E-state index in [4.69, 9.17) is 4.74 Å². The van der Waals surface area contributed by atoms with Crippen molar-refractivity contribution in [2.24, 2.45) is 0 Å². The van der Waals surface area contributed by atoms with Crippen LogP contribution in [0.25, 0.3) is 0 Å². The summed E-state index contributed by atoms with van der Waals surface area (Å²) >= 11 is 1.29. The fourth-order valence-corrected chi connectivity index (χ4v) is 3.69. The Morgan fingerprint density at radius 1 is 1.00 bits per heavy atom. The molecule has 8 nitrogen and oxygen atoms in total.